The first-order valence-corrected chi connectivity index (χ1v) is 3.26. The van der Waals surface area contributed by atoms with Crippen LogP contribution in [0, 0.1) is 0 Å². The molecule has 0 aromatic carbocycles. The first-order valence-electron chi connectivity index (χ1n) is 3.26. The van der Waals surface area contributed by atoms with Gasteiger partial charge in [0, 0.05) is 0 Å². The van der Waals surface area contributed by atoms with Gasteiger partial charge >= 0.3 is 6.09 Å². The van der Waals surface area contributed by atoms with Crippen LogP contribution in [0.3, 0.4) is 0 Å². The molecule has 7 heteroatoms. The van der Waals surface area contributed by atoms with Crippen LogP contribution in [0.5, 0.6) is 0 Å². The molecule has 0 aliphatic heterocycles. The lowest BCUT2D eigenvalue weighted by Crippen LogP contribution is -2.14. The predicted octanol–water partition coefficient (Wildman–Crippen LogP) is 0.220. The minimum Gasteiger partial charge on any atom is -0.450 e. The highest BCUT2D eigenvalue weighted by atomic mass is 16.6. The van der Waals surface area contributed by atoms with E-state index in [0.29, 0.717) is 0 Å². The SMILES string of the molecule is CCOC(=O)Nc1nonc1N. The summed E-state index contributed by atoms with van der Waals surface area (Å²) in [6.45, 7) is 1.96. The molecule has 0 saturated carbocycles. The van der Waals surface area contributed by atoms with Crippen LogP contribution in [-0.4, -0.2) is 23.0 Å². The summed E-state index contributed by atoms with van der Waals surface area (Å²) in [7, 11) is 0. The Morgan fingerprint density at radius 2 is 2.50 bits per heavy atom. The van der Waals surface area contributed by atoms with E-state index in [1.54, 1.807) is 6.92 Å². The van der Waals surface area contributed by atoms with Crippen molar-refractivity contribution in [2.45, 2.75) is 6.92 Å². The lowest BCUT2D eigenvalue weighted by atomic mass is 10.6. The van der Waals surface area contributed by atoms with E-state index in [4.69, 9.17) is 5.73 Å². The summed E-state index contributed by atoms with van der Waals surface area (Å²) in [6, 6.07) is 0. The zero-order chi connectivity index (χ0) is 8.97. The van der Waals surface area contributed by atoms with Crippen molar-refractivity contribution in [3.05, 3.63) is 0 Å². The maximum atomic E-state index is 10.8. The van der Waals surface area contributed by atoms with Gasteiger partial charge in [-0.15, -0.1) is 0 Å². The summed E-state index contributed by atoms with van der Waals surface area (Å²) in [5, 5.41) is 8.80. The third kappa shape index (κ3) is 1.84. The van der Waals surface area contributed by atoms with Gasteiger partial charge in [-0.2, -0.15) is 0 Å². The third-order valence-electron chi connectivity index (χ3n) is 1.01. The van der Waals surface area contributed by atoms with Crippen molar-refractivity contribution >= 4 is 17.7 Å². The fourth-order valence-electron chi connectivity index (χ4n) is 0.546. The molecule has 1 amide bonds. The van der Waals surface area contributed by atoms with Crippen LogP contribution in [0.15, 0.2) is 4.63 Å². The van der Waals surface area contributed by atoms with Gasteiger partial charge in [-0.05, 0) is 17.2 Å². The number of ether oxygens (including phenoxy) is 1. The summed E-state index contributed by atoms with van der Waals surface area (Å²) in [4.78, 5) is 10.8. The topological polar surface area (TPSA) is 103 Å². The third-order valence-corrected chi connectivity index (χ3v) is 1.01. The van der Waals surface area contributed by atoms with E-state index >= 15 is 0 Å². The van der Waals surface area contributed by atoms with Crippen molar-refractivity contribution in [2.75, 3.05) is 17.7 Å². The predicted molar refractivity (Wildman–Crippen MR) is 39.4 cm³/mol. The molecule has 0 bridgehead atoms. The monoisotopic (exact) mass is 172 g/mol. The van der Waals surface area contributed by atoms with E-state index in [1.807, 2.05) is 0 Å². The first kappa shape index (κ1) is 8.31. The van der Waals surface area contributed by atoms with Crippen molar-refractivity contribution in [3.63, 3.8) is 0 Å². The normalized spacial score (nSPS) is 9.42. The second kappa shape index (κ2) is 3.56. The number of hydrogen-bond donors (Lipinski definition) is 2. The molecule has 0 saturated heterocycles. The van der Waals surface area contributed by atoms with Crippen molar-refractivity contribution in [1.29, 1.82) is 0 Å². The lowest BCUT2D eigenvalue weighted by Gasteiger charge is -1.99. The molecule has 3 N–H and O–H groups in total. The number of hydrogen-bond acceptors (Lipinski definition) is 6. The maximum Gasteiger partial charge on any atom is 0.412 e. The summed E-state index contributed by atoms with van der Waals surface area (Å²) >= 11 is 0. The van der Waals surface area contributed by atoms with Crippen LogP contribution in [0.1, 0.15) is 6.92 Å². The first-order chi connectivity index (χ1) is 5.74. The zero-order valence-electron chi connectivity index (χ0n) is 6.40. The second-order valence-electron chi connectivity index (χ2n) is 1.84. The quantitative estimate of drug-likeness (QED) is 0.661. The fourth-order valence-corrected chi connectivity index (χ4v) is 0.546. The van der Waals surface area contributed by atoms with Crippen molar-refractivity contribution < 1.29 is 14.2 Å². The van der Waals surface area contributed by atoms with Crippen LogP contribution in [0.25, 0.3) is 0 Å². The molecule has 0 atom stereocenters. The Labute approximate surface area is 67.8 Å². The average molecular weight is 172 g/mol. The van der Waals surface area contributed by atoms with Crippen LogP contribution in [0.4, 0.5) is 16.4 Å². The average Bonchev–Trinajstić information content (AvgIpc) is 2.37. The molecule has 1 aromatic heterocycles. The largest absolute Gasteiger partial charge is 0.450 e. The fraction of sp³-hybridized carbons (Fsp3) is 0.400. The highest BCUT2D eigenvalue weighted by molar-refractivity contribution is 5.85. The Morgan fingerprint density at radius 1 is 1.75 bits per heavy atom. The molecule has 1 aromatic rings. The van der Waals surface area contributed by atoms with E-state index in [-0.39, 0.29) is 18.2 Å². The molecule has 7 nitrogen and oxygen atoms in total. The Hall–Kier alpha value is -1.79. The number of carbonyl (C=O) groups excluding carboxylic acids is 1. The van der Waals surface area contributed by atoms with Gasteiger partial charge in [-0.25, -0.2) is 9.42 Å². The van der Waals surface area contributed by atoms with Crippen LogP contribution in [-0.2, 0) is 4.74 Å². The molecule has 1 heterocycles. The van der Waals surface area contributed by atoms with E-state index in [2.05, 4.69) is 25.0 Å². The lowest BCUT2D eigenvalue weighted by molar-refractivity contribution is 0.167. The van der Waals surface area contributed by atoms with E-state index in [0.717, 1.165) is 0 Å². The van der Waals surface area contributed by atoms with Crippen LogP contribution >= 0.6 is 0 Å². The smallest absolute Gasteiger partial charge is 0.412 e. The molecule has 66 valence electrons. The van der Waals surface area contributed by atoms with Gasteiger partial charge in [0.15, 0.2) is 0 Å². The molecule has 0 unspecified atom stereocenters. The number of nitrogen functional groups attached to an aromatic ring is 1. The van der Waals surface area contributed by atoms with Crippen LogP contribution in [0.2, 0.25) is 0 Å². The number of aromatic nitrogens is 2. The minimum atomic E-state index is -0.639. The van der Waals surface area contributed by atoms with Gasteiger partial charge in [-0.3, -0.25) is 5.32 Å². The van der Waals surface area contributed by atoms with Gasteiger partial charge in [0.1, 0.15) is 0 Å². The number of carbonyl (C=O) groups is 1. The maximum absolute atomic E-state index is 10.8. The molecule has 0 aliphatic carbocycles. The summed E-state index contributed by atoms with van der Waals surface area (Å²) < 4.78 is 8.78. The molecule has 0 radical (unpaired) electrons. The van der Waals surface area contributed by atoms with E-state index < -0.39 is 6.09 Å². The number of anilines is 2. The highest BCUT2D eigenvalue weighted by Crippen LogP contribution is 2.10. The summed E-state index contributed by atoms with van der Waals surface area (Å²) in [5.74, 6) is 0.0801. The van der Waals surface area contributed by atoms with Gasteiger partial charge in [0.05, 0.1) is 6.61 Å². The summed E-state index contributed by atoms with van der Waals surface area (Å²) in [6.07, 6.45) is -0.639. The zero-order valence-corrected chi connectivity index (χ0v) is 6.40. The molecular formula is C5H8N4O3. The molecule has 0 fully saturated rings. The number of nitrogens with one attached hydrogen (secondary N) is 1. The standard InChI is InChI=1S/C5H8N4O3/c1-2-11-5(10)7-4-3(6)8-12-9-4/h2H2,1H3,(H2,6,8)(H,7,9,10). The molecule has 1 rings (SSSR count). The van der Waals surface area contributed by atoms with Gasteiger partial charge < -0.3 is 10.5 Å². The summed E-state index contributed by atoms with van der Waals surface area (Å²) in [5.41, 5.74) is 5.25. The number of rotatable bonds is 2. The van der Waals surface area contributed by atoms with Crippen molar-refractivity contribution in [3.8, 4) is 0 Å². The minimum absolute atomic E-state index is 0.0167. The molecular weight excluding hydrogens is 164 g/mol. The van der Waals surface area contributed by atoms with E-state index in [1.165, 1.54) is 0 Å². The van der Waals surface area contributed by atoms with Gasteiger partial charge in [-0.1, -0.05) is 0 Å². The van der Waals surface area contributed by atoms with Crippen LogP contribution < -0.4 is 11.1 Å². The van der Waals surface area contributed by atoms with Gasteiger partial charge in [0.2, 0.25) is 11.6 Å². The van der Waals surface area contributed by atoms with Crippen molar-refractivity contribution in [2.24, 2.45) is 0 Å². The second-order valence-corrected chi connectivity index (χ2v) is 1.84. The van der Waals surface area contributed by atoms with E-state index in [9.17, 15) is 4.79 Å². The van der Waals surface area contributed by atoms with Gasteiger partial charge in [0.25, 0.3) is 0 Å². The van der Waals surface area contributed by atoms with Crippen molar-refractivity contribution in [1.82, 2.24) is 10.3 Å². The molecule has 0 aliphatic rings. The molecule has 0 spiro atoms. The highest BCUT2D eigenvalue weighted by Gasteiger charge is 2.09. The number of amides is 1. The number of nitrogens with two attached hydrogens (primary N) is 1. The number of nitrogens with zero attached hydrogens (tertiary/aromatic N) is 2. The Morgan fingerprint density at radius 3 is 3.00 bits per heavy atom. The molecule has 12 heavy (non-hydrogen) atoms. The Bertz CT molecular complexity index is 271. The Kier molecular flexibility index (Phi) is 2.46. The Balaban J connectivity index is 2.52.